The molecule has 4 nitrogen and oxygen atoms in total. The van der Waals surface area contributed by atoms with E-state index in [1.54, 1.807) is 18.3 Å². The second-order valence-electron chi connectivity index (χ2n) is 4.72. The molecule has 0 saturated carbocycles. The fourth-order valence-electron chi connectivity index (χ4n) is 2.34. The summed E-state index contributed by atoms with van der Waals surface area (Å²) in [5, 5.41) is 0.546. The van der Waals surface area contributed by atoms with Crippen LogP contribution in [0.25, 0.3) is 33.3 Å². The lowest BCUT2D eigenvalue weighted by Gasteiger charge is -2.03. The van der Waals surface area contributed by atoms with Crippen molar-refractivity contribution in [1.29, 1.82) is 0 Å². The zero-order valence-electron chi connectivity index (χ0n) is 11.0. The molecule has 0 unspecified atom stereocenters. The SMILES string of the molecule is O=c1c(-c2cnc3ccccc3n2)coc2ccccc12. The number of benzene rings is 2. The van der Waals surface area contributed by atoms with E-state index in [4.69, 9.17) is 4.42 Å². The first-order chi connectivity index (χ1) is 10.3. The molecule has 4 aromatic rings. The maximum atomic E-state index is 12.5. The summed E-state index contributed by atoms with van der Waals surface area (Å²) >= 11 is 0. The van der Waals surface area contributed by atoms with Crippen molar-refractivity contribution in [2.24, 2.45) is 0 Å². The highest BCUT2D eigenvalue weighted by Gasteiger charge is 2.10. The van der Waals surface area contributed by atoms with Gasteiger partial charge in [-0.3, -0.25) is 9.78 Å². The Balaban J connectivity index is 2.00. The van der Waals surface area contributed by atoms with Crippen molar-refractivity contribution in [2.75, 3.05) is 0 Å². The van der Waals surface area contributed by atoms with Crippen molar-refractivity contribution < 1.29 is 4.42 Å². The lowest BCUT2D eigenvalue weighted by molar-refractivity contribution is 0.604. The molecule has 0 aliphatic heterocycles. The fraction of sp³-hybridized carbons (Fsp3) is 0. The Bertz CT molecular complexity index is 1020. The van der Waals surface area contributed by atoms with Crippen LogP contribution in [0.15, 0.2) is 70.2 Å². The molecule has 2 aromatic heterocycles. The summed E-state index contributed by atoms with van der Waals surface area (Å²) in [5.41, 5.74) is 2.97. The summed E-state index contributed by atoms with van der Waals surface area (Å²) in [6, 6.07) is 14.7. The summed E-state index contributed by atoms with van der Waals surface area (Å²) in [5.74, 6) is 0. The largest absolute Gasteiger partial charge is 0.463 e. The van der Waals surface area contributed by atoms with Gasteiger partial charge in [0.25, 0.3) is 0 Å². The van der Waals surface area contributed by atoms with Crippen LogP contribution in [-0.4, -0.2) is 9.97 Å². The van der Waals surface area contributed by atoms with E-state index >= 15 is 0 Å². The van der Waals surface area contributed by atoms with E-state index in [2.05, 4.69) is 9.97 Å². The van der Waals surface area contributed by atoms with Gasteiger partial charge < -0.3 is 4.42 Å². The van der Waals surface area contributed by atoms with E-state index in [1.165, 1.54) is 6.26 Å². The van der Waals surface area contributed by atoms with Gasteiger partial charge in [-0.2, -0.15) is 0 Å². The molecule has 0 N–H and O–H groups in total. The maximum absolute atomic E-state index is 12.5. The fourth-order valence-corrected chi connectivity index (χ4v) is 2.34. The second kappa shape index (κ2) is 4.52. The molecule has 0 bridgehead atoms. The molecule has 0 radical (unpaired) electrons. The molecule has 100 valence electrons. The van der Waals surface area contributed by atoms with E-state index in [1.807, 2.05) is 36.4 Å². The normalized spacial score (nSPS) is 11.0. The monoisotopic (exact) mass is 274 g/mol. The first-order valence-corrected chi connectivity index (χ1v) is 6.56. The Morgan fingerprint density at radius 1 is 0.905 bits per heavy atom. The van der Waals surface area contributed by atoms with Gasteiger partial charge in [-0.05, 0) is 24.3 Å². The average Bonchev–Trinajstić information content (AvgIpc) is 2.55. The molecule has 2 aromatic carbocycles. The number of para-hydroxylation sites is 3. The number of rotatable bonds is 1. The number of nitrogens with zero attached hydrogens (tertiary/aromatic N) is 2. The molecule has 2 heterocycles. The third kappa shape index (κ3) is 1.89. The first-order valence-electron chi connectivity index (χ1n) is 6.56. The van der Waals surface area contributed by atoms with Gasteiger partial charge in [-0.25, -0.2) is 4.98 Å². The molecular weight excluding hydrogens is 264 g/mol. The van der Waals surface area contributed by atoms with Gasteiger partial charge in [0.15, 0.2) is 0 Å². The van der Waals surface area contributed by atoms with Crippen LogP contribution in [0.1, 0.15) is 0 Å². The van der Waals surface area contributed by atoms with Gasteiger partial charge in [-0.1, -0.05) is 24.3 Å². The van der Waals surface area contributed by atoms with E-state index in [0.717, 1.165) is 11.0 Å². The quantitative estimate of drug-likeness (QED) is 0.534. The molecule has 21 heavy (non-hydrogen) atoms. The number of hydrogen-bond donors (Lipinski definition) is 0. The minimum absolute atomic E-state index is 0.0959. The lowest BCUT2D eigenvalue weighted by Crippen LogP contribution is -2.06. The molecule has 0 atom stereocenters. The van der Waals surface area contributed by atoms with Gasteiger partial charge in [0.1, 0.15) is 11.8 Å². The van der Waals surface area contributed by atoms with Gasteiger partial charge in [0.05, 0.1) is 33.9 Å². The number of fused-ring (bicyclic) bond motifs is 2. The smallest absolute Gasteiger partial charge is 0.202 e. The molecule has 4 heteroatoms. The topological polar surface area (TPSA) is 56.0 Å². The van der Waals surface area contributed by atoms with Crippen LogP contribution in [0.2, 0.25) is 0 Å². The van der Waals surface area contributed by atoms with Gasteiger partial charge in [0.2, 0.25) is 5.43 Å². The van der Waals surface area contributed by atoms with Crippen molar-refractivity contribution in [2.45, 2.75) is 0 Å². The van der Waals surface area contributed by atoms with Crippen molar-refractivity contribution >= 4 is 22.0 Å². The van der Waals surface area contributed by atoms with Crippen LogP contribution >= 0.6 is 0 Å². The highest BCUT2D eigenvalue weighted by atomic mass is 16.3. The van der Waals surface area contributed by atoms with Crippen LogP contribution in [0.3, 0.4) is 0 Å². The van der Waals surface area contributed by atoms with E-state index in [0.29, 0.717) is 22.2 Å². The van der Waals surface area contributed by atoms with Crippen molar-refractivity contribution in [1.82, 2.24) is 9.97 Å². The minimum atomic E-state index is -0.0959. The molecule has 0 aliphatic rings. The molecule has 0 saturated heterocycles. The Hall–Kier alpha value is -3.01. The Morgan fingerprint density at radius 3 is 2.57 bits per heavy atom. The molecule has 4 rings (SSSR count). The molecule has 0 fully saturated rings. The number of aromatic nitrogens is 2. The van der Waals surface area contributed by atoms with Crippen LogP contribution in [0, 0.1) is 0 Å². The average molecular weight is 274 g/mol. The standard InChI is InChI=1S/C17H10N2O2/c20-17-11-5-1-4-8-16(11)21-10-12(17)15-9-18-13-6-2-3-7-14(13)19-15/h1-10H. The highest BCUT2D eigenvalue weighted by molar-refractivity contribution is 5.82. The predicted molar refractivity (Wildman–Crippen MR) is 81.0 cm³/mol. The van der Waals surface area contributed by atoms with Crippen molar-refractivity contribution in [3.8, 4) is 11.3 Å². The van der Waals surface area contributed by atoms with Crippen molar-refractivity contribution in [3.63, 3.8) is 0 Å². The van der Waals surface area contributed by atoms with Gasteiger partial charge in [0, 0.05) is 0 Å². The van der Waals surface area contributed by atoms with Crippen molar-refractivity contribution in [3.05, 3.63) is 71.2 Å². The predicted octanol–water partition coefficient (Wildman–Crippen LogP) is 3.40. The zero-order valence-corrected chi connectivity index (χ0v) is 11.0. The third-order valence-corrected chi connectivity index (χ3v) is 3.40. The second-order valence-corrected chi connectivity index (χ2v) is 4.72. The Labute approximate surface area is 119 Å². The van der Waals surface area contributed by atoms with Crippen LogP contribution in [0.5, 0.6) is 0 Å². The van der Waals surface area contributed by atoms with E-state index < -0.39 is 0 Å². The van der Waals surface area contributed by atoms with Crippen LogP contribution in [-0.2, 0) is 0 Å². The first kappa shape index (κ1) is 11.8. The molecule has 0 amide bonds. The number of hydrogen-bond acceptors (Lipinski definition) is 4. The molecular formula is C17H10N2O2. The van der Waals surface area contributed by atoms with E-state index in [9.17, 15) is 4.79 Å². The Kier molecular flexibility index (Phi) is 2.54. The lowest BCUT2D eigenvalue weighted by atomic mass is 10.1. The highest BCUT2D eigenvalue weighted by Crippen LogP contribution is 2.19. The minimum Gasteiger partial charge on any atom is -0.463 e. The zero-order chi connectivity index (χ0) is 14.2. The summed E-state index contributed by atoms with van der Waals surface area (Å²) in [7, 11) is 0. The third-order valence-electron chi connectivity index (χ3n) is 3.40. The molecule has 0 aliphatic carbocycles. The Morgan fingerprint density at radius 2 is 1.67 bits per heavy atom. The summed E-state index contributed by atoms with van der Waals surface area (Å²) < 4.78 is 5.52. The maximum Gasteiger partial charge on any atom is 0.202 e. The summed E-state index contributed by atoms with van der Waals surface area (Å²) in [4.78, 5) is 21.4. The van der Waals surface area contributed by atoms with Gasteiger partial charge in [-0.15, -0.1) is 0 Å². The van der Waals surface area contributed by atoms with Crippen LogP contribution in [0.4, 0.5) is 0 Å². The summed E-state index contributed by atoms with van der Waals surface area (Å²) in [6.07, 6.45) is 3.05. The molecule has 0 spiro atoms. The van der Waals surface area contributed by atoms with Crippen LogP contribution < -0.4 is 5.43 Å². The summed E-state index contributed by atoms with van der Waals surface area (Å²) in [6.45, 7) is 0. The van der Waals surface area contributed by atoms with E-state index in [-0.39, 0.29) is 5.43 Å². The van der Waals surface area contributed by atoms with Gasteiger partial charge >= 0.3 is 0 Å².